The summed E-state index contributed by atoms with van der Waals surface area (Å²) >= 11 is 0. The maximum atomic E-state index is 2.45. The number of hydrogen-bond acceptors (Lipinski definition) is 1. The Morgan fingerprint density at radius 1 is 1.35 bits per heavy atom. The summed E-state index contributed by atoms with van der Waals surface area (Å²) in [5, 5.41) is 0. The van der Waals surface area contributed by atoms with Gasteiger partial charge in [0.15, 0.2) is 0 Å². The Morgan fingerprint density at radius 3 is 2.35 bits per heavy atom. The largest absolute Gasteiger partial charge is 0.348 e. The highest BCUT2D eigenvalue weighted by atomic mass is 15.2. The second-order valence-electron chi connectivity index (χ2n) is 5.87. The molecule has 0 spiro atoms. The highest BCUT2D eigenvalue weighted by Gasteiger charge is 2.28. The molecule has 0 aromatic carbocycles. The van der Waals surface area contributed by atoms with Crippen LogP contribution < -0.4 is 0 Å². The fourth-order valence-corrected chi connectivity index (χ4v) is 2.55. The minimum atomic E-state index is 0.300. The van der Waals surface area contributed by atoms with Crippen LogP contribution >= 0.6 is 0 Å². The topological polar surface area (TPSA) is 3.24 Å². The summed E-state index contributed by atoms with van der Waals surface area (Å²) in [5.41, 5.74) is 5.90. The van der Waals surface area contributed by atoms with E-state index in [1.165, 1.54) is 22.5 Å². The van der Waals surface area contributed by atoms with Crippen molar-refractivity contribution in [1.82, 2.24) is 4.90 Å². The SMILES string of the molecule is CC/C=C(C)/C(C)=C(/C)N1CC(C)(C)C=C1C. The first-order valence-electron chi connectivity index (χ1n) is 6.60. The molecule has 0 aromatic rings. The van der Waals surface area contributed by atoms with Crippen LogP contribution in [0.15, 0.2) is 34.7 Å². The summed E-state index contributed by atoms with van der Waals surface area (Å²) in [6.07, 6.45) is 5.79. The quantitative estimate of drug-likeness (QED) is 0.628. The first kappa shape index (κ1) is 14.1. The van der Waals surface area contributed by atoms with Crippen molar-refractivity contribution in [3.8, 4) is 0 Å². The van der Waals surface area contributed by atoms with Gasteiger partial charge < -0.3 is 4.90 Å². The maximum Gasteiger partial charge on any atom is 0.0311 e. The van der Waals surface area contributed by atoms with Gasteiger partial charge in [-0.15, -0.1) is 0 Å². The molecule has 0 bridgehead atoms. The first-order chi connectivity index (χ1) is 7.78. The minimum Gasteiger partial charge on any atom is -0.348 e. The second-order valence-corrected chi connectivity index (χ2v) is 5.87. The van der Waals surface area contributed by atoms with E-state index in [0.717, 1.165) is 13.0 Å². The lowest BCUT2D eigenvalue weighted by Crippen LogP contribution is -2.24. The van der Waals surface area contributed by atoms with Gasteiger partial charge in [-0.1, -0.05) is 38.5 Å². The second kappa shape index (κ2) is 5.12. The number of hydrogen-bond donors (Lipinski definition) is 0. The van der Waals surface area contributed by atoms with Crippen LogP contribution in [-0.2, 0) is 0 Å². The molecule has 1 rings (SSSR count). The van der Waals surface area contributed by atoms with E-state index in [4.69, 9.17) is 0 Å². The molecule has 1 heteroatoms. The van der Waals surface area contributed by atoms with Crippen LogP contribution in [0, 0.1) is 5.41 Å². The zero-order chi connectivity index (χ0) is 13.2. The highest BCUT2D eigenvalue weighted by molar-refractivity contribution is 5.33. The van der Waals surface area contributed by atoms with Crippen molar-refractivity contribution < 1.29 is 0 Å². The van der Waals surface area contributed by atoms with E-state index in [1.54, 1.807) is 0 Å². The molecule has 1 aliphatic heterocycles. The molecule has 0 atom stereocenters. The Hall–Kier alpha value is -0.980. The summed E-state index contributed by atoms with van der Waals surface area (Å²) in [5.74, 6) is 0. The summed E-state index contributed by atoms with van der Waals surface area (Å²) in [6, 6.07) is 0. The fourth-order valence-electron chi connectivity index (χ4n) is 2.55. The Kier molecular flexibility index (Phi) is 4.24. The molecule has 1 heterocycles. The summed E-state index contributed by atoms with van der Waals surface area (Å²) in [4.78, 5) is 2.45. The average molecular weight is 233 g/mol. The van der Waals surface area contributed by atoms with Gasteiger partial charge in [0.05, 0.1) is 0 Å². The maximum absolute atomic E-state index is 2.45. The van der Waals surface area contributed by atoms with Gasteiger partial charge in [0.2, 0.25) is 0 Å². The molecular formula is C16H27N. The van der Waals surface area contributed by atoms with Crippen molar-refractivity contribution in [2.45, 2.75) is 54.9 Å². The Labute approximate surface area is 107 Å². The van der Waals surface area contributed by atoms with Gasteiger partial charge in [0.1, 0.15) is 0 Å². The van der Waals surface area contributed by atoms with Crippen LogP contribution in [0.3, 0.4) is 0 Å². The fraction of sp³-hybridized carbons (Fsp3) is 0.625. The van der Waals surface area contributed by atoms with Crippen LogP contribution in [0.25, 0.3) is 0 Å². The molecule has 0 aliphatic carbocycles. The van der Waals surface area contributed by atoms with E-state index in [1.807, 2.05) is 0 Å². The molecule has 17 heavy (non-hydrogen) atoms. The Morgan fingerprint density at radius 2 is 1.94 bits per heavy atom. The number of nitrogens with zero attached hydrogens (tertiary/aromatic N) is 1. The van der Waals surface area contributed by atoms with Crippen molar-refractivity contribution in [1.29, 1.82) is 0 Å². The van der Waals surface area contributed by atoms with Crippen LogP contribution in [0.1, 0.15) is 54.9 Å². The smallest absolute Gasteiger partial charge is 0.0311 e. The predicted octanol–water partition coefficient (Wildman–Crippen LogP) is 4.88. The van der Waals surface area contributed by atoms with E-state index < -0.39 is 0 Å². The lowest BCUT2D eigenvalue weighted by molar-refractivity contribution is 0.354. The summed E-state index contributed by atoms with van der Waals surface area (Å²) in [6.45, 7) is 16.8. The van der Waals surface area contributed by atoms with Crippen molar-refractivity contribution >= 4 is 0 Å². The molecule has 0 amide bonds. The molecule has 0 radical (unpaired) electrons. The molecule has 0 aromatic heterocycles. The van der Waals surface area contributed by atoms with E-state index in [2.05, 4.69) is 65.5 Å². The average Bonchev–Trinajstić information content (AvgIpc) is 2.50. The van der Waals surface area contributed by atoms with Gasteiger partial charge >= 0.3 is 0 Å². The zero-order valence-electron chi connectivity index (χ0n) is 12.5. The van der Waals surface area contributed by atoms with E-state index in [0.29, 0.717) is 5.41 Å². The zero-order valence-corrected chi connectivity index (χ0v) is 12.5. The van der Waals surface area contributed by atoms with E-state index in [9.17, 15) is 0 Å². The van der Waals surface area contributed by atoms with Crippen LogP contribution in [0.2, 0.25) is 0 Å². The standard InChI is InChI=1S/C16H27N/c1-8-9-12(2)14(4)15(5)17-11-16(6,7)10-13(17)3/h9-10H,8,11H2,1-7H3/b12-9+,15-14-. The molecule has 1 aliphatic rings. The third-order valence-corrected chi connectivity index (χ3v) is 3.64. The van der Waals surface area contributed by atoms with Gasteiger partial charge in [0.25, 0.3) is 0 Å². The molecule has 0 saturated carbocycles. The van der Waals surface area contributed by atoms with Crippen LogP contribution in [0.4, 0.5) is 0 Å². The van der Waals surface area contributed by atoms with Gasteiger partial charge in [-0.05, 0) is 39.7 Å². The molecule has 0 saturated heterocycles. The Bertz CT molecular complexity index is 380. The third-order valence-electron chi connectivity index (χ3n) is 3.64. The number of allylic oxidation sites excluding steroid dienone is 5. The van der Waals surface area contributed by atoms with Crippen molar-refractivity contribution in [3.05, 3.63) is 34.7 Å². The summed E-state index contributed by atoms with van der Waals surface area (Å²) < 4.78 is 0. The van der Waals surface area contributed by atoms with Crippen molar-refractivity contribution in [2.24, 2.45) is 5.41 Å². The minimum absolute atomic E-state index is 0.300. The first-order valence-corrected chi connectivity index (χ1v) is 6.60. The molecule has 0 fully saturated rings. The van der Waals surface area contributed by atoms with Crippen molar-refractivity contribution in [3.63, 3.8) is 0 Å². The monoisotopic (exact) mass is 233 g/mol. The van der Waals surface area contributed by atoms with E-state index in [-0.39, 0.29) is 0 Å². The lowest BCUT2D eigenvalue weighted by atomic mass is 9.95. The third kappa shape index (κ3) is 3.24. The van der Waals surface area contributed by atoms with Crippen molar-refractivity contribution in [2.75, 3.05) is 6.54 Å². The summed E-state index contributed by atoms with van der Waals surface area (Å²) in [7, 11) is 0. The van der Waals surface area contributed by atoms with E-state index >= 15 is 0 Å². The molecular weight excluding hydrogens is 206 g/mol. The molecule has 96 valence electrons. The lowest BCUT2D eigenvalue weighted by Gasteiger charge is -2.26. The van der Waals surface area contributed by atoms with Gasteiger partial charge in [-0.3, -0.25) is 0 Å². The molecule has 1 nitrogen and oxygen atoms in total. The van der Waals surface area contributed by atoms with Crippen LogP contribution in [0.5, 0.6) is 0 Å². The predicted molar refractivity (Wildman–Crippen MR) is 76.7 cm³/mol. The van der Waals surface area contributed by atoms with Gasteiger partial charge in [0, 0.05) is 23.4 Å². The van der Waals surface area contributed by atoms with Gasteiger partial charge in [-0.25, -0.2) is 0 Å². The van der Waals surface area contributed by atoms with Gasteiger partial charge in [-0.2, -0.15) is 0 Å². The highest BCUT2D eigenvalue weighted by Crippen LogP contribution is 2.34. The number of rotatable bonds is 3. The normalized spacial score (nSPS) is 21.5. The molecule has 0 unspecified atom stereocenters. The Balaban J connectivity index is 2.99. The van der Waals surface area contributed by atoms with Crippen LogP contribution in [-0.4, -0.2) is 11.4 Å². The molecule has 0 N–H and O–H groups in total.